The Labute approximate surface area is 534 Å². The van der Waals surface area contributed by atoms with Crippen molar-refractivity contribution in [2.45, 2.75) is 48.5 Å². The predicted molar refractivity (Wildman–Crippen MR) is 370 cm³/mol. The van der Waals surface area contributed by atoms with Gasteiger partial charge >= 0.3 is 0 Å². The molecular weight excluding hydrogens is 1120 g/mol. The number of aromatic nitrogens is 12. The first kappa shape index (κ1) is 65.2. The molecule has 0 bridgehead atoms. The number of aryl methyl sites for hydroxylation is 7. The molecule has 0 radical (unpaired) electrons. The Balaban J connectivity index is 0.000000137. The zero-order chi connectivity index (χ0) is 63.7. The highest BCUT2D eigenvalue weighted by molar-refractivity contribution is 5.64. The van der Waals surface area contributed by atoms with Crippen molar-refractivity contribution in [3.8, 4) is 78.5 Å². The van der Waals surface area contributed by atoms with Gasteiger partial charge in [-0.15, -0.1) is 0 Å². The summed E-state index contributed by atoms with van der Waals surface area (Å²) in [6.07, 6.45) is 27.4. The number of nitrogens with zero attached hydrogens (tertiary/aromatic N) is 12. The summed E-state index contributed by atoms with van der Waals surface area (Å²) in [4.78, 5) is 50.4. The minimum absolute atomic E-state index is 0.919. The molecule has 0 aliphatic rings. The van der Waals surface area contributed by atoms with Crippen molar-refractivity contribution in [3.05, 3.63) is 351 Å². The molecule has 12 heterocycles. The first-order valence-corrected chi connectivity index (χ1v) is 29.7. The summed E-state index contributed by atoms with van der Waals surface area (Å²) in [6, 6.07) is 72.5. The van der Waals surface area contributed by atoms with Gasteiger partial charge in [-0.2, -0.15) is 0 Å². The Bertz CT molecular complexity index is 3440. The lowest BCUT2D eigenvalue weighted by Gasteiger charge is -2.00. The molecular formula is C79H72N12. The van der Waals surface area contributed by atoms with E-state index in [-0.39, 0.29) is 0 Å². The van der Waals surface area contributed by atoms with Crippen LogP contribution >= 0.6 is 0 Å². The summed E-state index contributed by atoms with van der Waals surface area (Å²) >= 11 is 0. The van der Waals surface area contributed by atoms with Crippen molar-refractivity contribution in [2.24, 2.45) is 0 Å². The normalized spacial score (nSPS) is 9.92. The van der Waals surface area contributed by atoms with E-state index in [2.05, 4.69) is 114 Å². The van der Waals surface area contributed by atoms with E-state index in [9.17, 15) is 0 Å². The molecule has 0 aliphatic heterocycles. The van der Waals surface area contributed by atoms with Gasteiger partial charge in [0.05, 0.1) is 28.5 Å². The zero-order valence-corrected chi connectivity index (χ0v) is 52.3. The SMILES string of the molecule is Cc1ccc(-c2ccccc2)cn1.Cc1ccc(-c2ccccc2)nc1.Cc1ccc(-c2ccccn2)cn1.Cc1ccc(-c2ccccn2)nc1.Cc1ccc(-c2cccnc2)cn1.Cc1ccc(-c2cccnc2)nc1.Cc1ccc(-c2ccncc2)cn1. The molecule has 448 valence electrons. The van der Waals surface area contributed by atoms with Gasteiger partial charge in [-0.05, 0) is 179 Å². The standard InChI is InChI=1S/2C12H11N.5C11H10N2/c1-10-7-8-12(9-13-10)11-5-3-2-4-6-11;1-10-7-8-12(13-9-10)11-5-3-2-4-6-11;1-9-2-3-11(8-13-9)10-4-6-12-7-5-10;1-9-4-5-11(8-13-9)10-3-2-6-12-7-10;1-9-4-5-11(13-7-9)10-3-2-6-12-8-10;1-9-5-6-10(8-13-9)11-4-2-3-7-12-11;1-9-5-6-11(13-8-9)10-4-2-3-7-12-10/h2*2-9H,1H3;5*2-8H,1H3. The van der Waals surface area contributed by atoms with Crippen LogP contribution in [0.25, 0.3) is 78.5 Å². The summed E-state index contributed by atoms with van der Waals surface area (Å²) in [7, 11) is 0. The largest absolute Gasteiger partial charge is 0.265 e. The third kappa shape index (κ3) is 22.5. The molecule has 0 atom stereocenters. The third-order valence-electron chi connectivity index (χ3n) is 13.4. The van der Waals surface area contributed by atoms with Crippen LogP contribution in [-0.2, 0) is 0 Å². The van der Waals surface area contributed by atoms with Crippen LogP contribution in [0.2, 0.25) is 0 Å². The van der Waals surface area contributed by atoms with E-state index < -0.39 is 0 Å². The van der Waals surface area contributed by atoms with Gasteiger partial charge in [0.25, 0.3) is 0 Å². The molecule has 12 aromatic heterocycles. The molecule has 14 aromatic rings. The molecule has 14 rings (SSSR count). The lowest BCUT2D eigenvalue weighted by molar-refractivity contribution is 1.19. The van der Waals surface area contributed by atoms with Gasteiger partial charge in [-0.3, -0.25) is 59.8 Å². The minimum atomic E-state index is 0.919. The molecule has 0 amide bonds. The van der Waals surface area contributed by atoms with Crippen LogP contribution in [0.5, 0.6) is 0 Å². The molecule has 0 spiro atoms. The molecule has 91 heavy (non-hydrogen) atoms. The lowest BCUT2D eigenvalue weighted by atomic mass is 10.1. The van der Waals surface area contributed by atoms with Gasteiger partial charge in [0, 0.05) is 155 Å². The van der Waals surface area contributed by atoms with Crippen molar-refractivity contribution in [2.75, 3.05) is 0 Å². The highest BCUT2D eigenvalue weighted by Gasteiger charge is 2.02. The van der Waals surface area contributed by atoms with Crippen molar-refractivity contribution in [1.29, 1.82) is 0 Å². The molecule has 0 saturated heterocycles. The first-order chi connectivity index (χ1) is 44.5. The lowest BCUT2D eigenvalue weighted by Crippen LogP contribution is -1.85. The van der Waals surface area contributed by atoms with E-state index >= 15 is 0 Å². The van der Waals surface area contributed by atoms with E-state index in [1.807, 2.05) is 268 Å². The second-order valence-corrected chi connectivity index (χ2v) is 20.8. The maximum atomic E-state index is 4.35. The topological polar surface area (TPSA) is 155 Å². The van der Waals surface area contributed by atoms with Gasteiger partial charge in [0.1, 0.15) is 0 Å². The summed E-state index contributed by atoms with van der Waals surface area (Å²) in [5.41, 5.74) is 22.7. The average Bonchev–Trinajstić information content (AvgIpc) is 3.81. The smallest absolute Gasteiger partial charge is 0.0886 e. The Morgan fingerprint density at radius 1 is 0.165 bits per heavy atom. The van der Waals surface area contributed by atoms with Crippen molar-refractivity contribution < 1.29 is 0 Å². The molecule has 0 saturated carbocycles. The minimum Gasteiger partial charge on any atom is -0.265 e. The highest BCUT2D eigenvalue weighted by atomic mass is 14.8. The van der Waals surface area contributed by atoms with Gasteiger partial charge in [-0.25, -0.2) is 0 Å². The average molecular weight is 1190 g/mol. The van der Waals surface area contributed by atoms with Crippen LogP contribution in [0.15, 0.2) is 311 Å². The fraction of sp³-hybridized carbons (Fsp3) is 0.0886. The van der Waals surface area contributed by atoms with Gasteiger partial charge in [0.2, 0.25) is 0 Å². The number of hydrogen-bond acceptors (Lipinski definition) is 12. The fourth-order valence-corrected chi connectivity index (χ4v) is 8.31. The molecule has 0 fully saturated rings. The highest BCUT2D eigenvalue weighted by Crippen LogP contribution is 2.21. The van der Waals surface area contributed by atoms with Crippen molar-refractivity contribution in [3.63, 3.8) is 0 Å². The van der Waals surface area contributed by atoms with E-state index in [0.29, 0.717) is 0 Å². The van der Waals surface area contributed by atoms with E-state index in [4.69, 9.17) is 0 Å². The van der Waals surface area contributed by atoms with Gasteiger partial charge < -0.3 is 0 Å². The van der Waals surface area contributed by atoms with Crippen LogP contribution in [0.1, 0.15) is 39.5 Å². The number of pyridine rings is 12. The molecule has 0 N–H and O–H groups in total. The van der Waals surface area contributed by atoms with E-state index in [1.54, 1.807) is 37.2 Å². The summed E-state index contributed by atoms with van der Waals surface area (Å²) in [5, 5.41) is 0. The van der Waals surface area contributed by atoms with E-state index in [1.165, 1.54) is 33.4 Å². The van der Waals surface area contributed by atoms with Crippen LogP contribution in [0, 0.1) is 48.5 Å². The Morgan fingerprint density at radius 3 is 0.890 bits per heavy atom. The van der Waals surface area contributed by atoms with Crippen molar-refractivity contribution in [1.82, 2.24) is 59.8 Å². The summed E-state index contributed by atoms with van der Waals surface area (Å²) in [6.45, 7) is 14.0. The Kier molecular flexibility index (Phi) is 25.6. The number of rotatable bonds is 7. The molecule has 12 heteroatoms. The second-order valence-electron chi connectivity index (χ2n) is 20.8. The fourth-order valence-electron chi connectivity index (χ4n) is 8.31. The Morgan fingerprint density at radius 2 is 0.495 bits per heavy atom. The monoisotopic (exact) mass is 1190 g/mol. The molecule has 0 aliphatic carbocycles. The van der Waals surface area contributed by atoms with Crippen molar-refractivity contribution >= 4 is 0 Å². The third-order valence-corrected chi connectivity index (χ3v) is 13.4. The van der Waals surface area contributed by atoms with Crippen LogP contribution in [0.4, 0.5) is 0 Å². The molecule has 0 unspecified atom stereocenters. The van der Waals surface area contributed by atoms with Crippen LogP contribution in [-0.4, -0.2) is 59.8 Å². The zero-order valence-electron chi connectivity index (χ0n) is 52.3. The summed E-state index contributed by atoms with van der Waals surface area (Å²) in [5.74, 6) is 0. The number of hydrogen-bond donors (Lipinski definition) is 0. The Hall–Kier alpha value is -11.8. The van der Waals surface area contributed by atoms with Crippen LogP contribution < -0.4 is 0 Å². The maximum absolute atomic E-state index is 4.35. The molecule has 12 nitrogen and oxygen atoms in total. The quantitative estimate of drug-likeness (QED) is 0.149. The van der Waals surface area contributed by atoms with Crippen LogP contribution in [0.3, 0.4) is 0 Å². The summed E-state index contributed by atoms with van der Waals surface area (Å²) < 4.78 is 0. The maximum Gasteiger partial charge on any atom is 0.0886 e. The van der Waals surface area contributed by atoms with E-state index in [0.717, 1.165) is 84.6 Å². The predicted octanol–water partition coefficient (Wildman–Crippen LogP) is 18.4. The first-order valence-electron chi connectivity index (χ1n) is 29.7. The number of benzene rings is 2. The second kappa shape index (κ2) is 35.8. The van der Waals surface area contributed by atoms with Gasteiger partial charge in [-0.1, -0.05) is 115 Å². The molecule has 2 aromatic carbocycles. The van der Waals surface area contributed by atoms with Gasteiger partial charge in [0.15, 0.2) is 0 Å².